The van der Waals surface area contributed by atoms with E-state index < -0.39 is 66.9 Å². The molecule has 1 rings (SSSR count). The summed E-state index contributed by atoms with van der Waals surface area (Å²) in [5.41, 5.74) is 6.69. The third kappa shape index (κ3) is 9.10. The fraction of sp³-hybridized carbons (Fsp3) is 0.450. The van der Waals surface area contributed by atoms with Gasteiger partial charge in [0.25, 0.3) is 0 Å². The van der Waals surface area contributed by atoms with E-state index >= 15 is 0 Å². The van der Waals surface area contributed by atoms with Gasteiger partial charge in [0.15, 0.2) is 0 Å². The summed E-state index contributed by atoms with van der Waals surface area (Å²) in [7, 11) is 0. The van der Waals surface area contributed by atoms with E-state index in [9.17, 15) is 24.0 Å². The van der Waals surface area contributed by atoms with Gasteiger partial charge in [-0.2, -0.15) is 0 Å². The van der Waals surface area contributed by atoms with Crippen LogP contribution >= 0.6 is 0 Å². The molecule has 32 heavy (non-hydrogen) atoms. The van der Waals surface area contributed by atoms with Gasteiger partial charge in [-0.15, -0.1) is 0 Å². The Hall–Kier alpha value is -3.51. The summed E-state index contributed by atoms with van der Waals surface area (Å²) in [5, 5.41) is 33.5. The van der Waals surface area contributed by atoms with Gasteiger partial charge >= 0.3 is 11.9 Å². The summed E-state index contributed by atoms with van der Waals surface area (Å²) in [4.78, 5) is 58.9. The Balaban J connectivity index is 2.78. The van der Waals surface area contributed by atoms with Crippen molar-refractivity contribution >= 4 is 29.7 Å². The van der Waals surface area contributed by atoms with Gasteiger partial charge in [0.05, 0.1) is 12.6 Å². The molecular formula is C20H28N4O8. The molecule has 0 aliphatic carbocycles. The average molecular weight is 452 g/mol. The number of nitrogens with two attached hydrogens (primary N) is 1. The molecule has 0 aliphatic heterocycles. The molecule has 4 atom stereocenters. The predicted molar refractivity (Wildman–Crippen MR) is 111 cm³/mol. The summed E-state index contributed by atoms with van der Waals surface area (Å²) in [5.74, 6) is -5.06. The minimum absolute atomic E-state index is 0.191. The third-order valence-corrected chi connectivity index (χ3v) is 4.46. The van der Waals surface area contributed by atoms with Gasteiger partial charge < -0.3 is 37.0 Å². The molecule has 1 aromatic carbocycles. The number of carboxylic acids is 2. The summed E-state index contributed by atoms with van der Waals surface area (Å²) in [6.45, 7) is 0.416. The number of carboxylic acid groups (broad SMARTS) is 2. The van der Waals surface area contributed by atoms with Gasteiger partial charge in [-0.25, -0.2) is 4.79 Å². The molecule has 4 unspecified atom stereocenters. The molecule has 0 saturated heterocycles. The number of aliphatic hydroxyl groups excluding tert-OH is 1. The number of hydrogen-bond acceptors (Lipinski definition) is 7. The first-order chi connectivity index (χ1) is 15.0. The molecule has 12 heteroatoms. The summed E-state index contributed by atoms with van der Waals surface area (Å²) >= 11 is 0. The van der Waals surface area contributed by atoms with E-state index in [4.69, 9.17) is 21.1 Å². The molecule has 8 N–H and O–H groups in total. The number of aliphatic carboxylic acids is 2. The van der Waals surface area contributed by atoms with Crippen molar-refractivity contribution in [1.29, 1.82) is 0 Å². The standard InChI is InChI=1S/C20H28N4O8/c1-11(17(28)24-15(10-25)20(31)32)22-19(30)14(7-8-16(26)27)23-18(29)13(21)9-12-5-3-2-4-6-12/h2-6,11,13-15,25H,7-10,21H2,1H3,(H,22,30)(H,23,29)(H,24,28)(H,26,27)(H,31,32). The molecule has 1 aromatic rings. The number of carbonyl (C=O) groups excluding carboxylic acids is 3. The van der Waals surface area contributed by atoms with Crippen molar-refractivity contribution in [2.24, 2.45) is 5.73 Å². The Morgan fingerprint density at radius 2 is 1.50 bits per heavy atom. The Morgan fingerprint density at radius 1 is 0.906 bits per heavy atom. The number of aliphatic hydroxyl groups is 1. The van der Waals surface area contributed by atoms with Gasteiger partial charge in [-0.3, -0.25) is 19.2 Å². The third-order valence-electron chi connectivity index (χ3n) is 4.46. The van der Waals surface area contributed by atoms with Crippen molar-refractivity contribution in [2.45, 2.75) is 50.4 Å². The van der Waals surface area contributed by atoms with Crippen molar-refractivity contribution in [3.63, 3.8) is 0 Å². The molecule has 3 amide bonds. The Labute approximate surface area is 184 Å². The first kappa shape index (κ1) is 26.5. The number of benzene rings is 1. The molecule has 176 valence electrons. The van der Waals surface area contributed by atoms with Crippen LogP contribution in [0.15, 0.2) is 30.3 Å². The summed E-state index contributed by atoms with van der Waals surface area (Å²) in [6.07, 6.45) is -0.497. The molecule has 0 aliphatic rings. The van der Waals surface area contributed by atoms with Crippen LogP contribution in [0.2, 0.25) is 0 Å². The van der Waals surface area contributed by atoms with Gasteiger partial charge in [0.1, 0.15) is 18.1 Å². The van der Waals surface area contributed by atoms with Crippen LogP contribution in [0.4, 0.5) is 0 Å². The lowest BCUT2D eigenvalue weighted by molar-refractivity contribution is -0.143. The highest BCUT2D eigenvalue weighted by Gasteiger charge is 2.28. The smallest absolute Gasteiger partial charge is 0.328 e. The van der Waals surface area contributed by atoms with Crippen molar-refractivity contribution in [3.05, 3.63) is 35.9 Å². The minimum atomic E-state index is -1.56. The number of rotatable bonds is 13. The van der Waals surface area contributed by atoms with Gasteiger partial charge in [-0.1, -0.05) is 30.3 Å². The van der Waals surface area contributed by atoms with Crippen LogP contribution in [0.5, 0.6) is 0 Å². The van der Waals surface area contributed by atoms with Crippen molar-refractivity contribution in [1.82, 2.24) is 16.0 Å². The molecule has 0 bridgehead atoms. The van der Waals surface area contributed by atoms with E-state index in [2.05, 4.69) is 10.6 Å². The normalized spacial score (nSPS) is 14.3. The monoisotopic (exact) mass is 452 g/mol. The highest BCUT2D eigenvalue weighted by molar-refractivity contribution is 5.94. The van der Waals surface area contributed by atoms with Crippen molar-refractivity contribution < 1.29 is 39.3 Å². The number of hydrogen-bond donors (Lipinski definition) is 7. The van der Waals surface area contributed by atoms with E-state index in [0.717, 1.165) is 5.56 Å². The zero-order valence-corrected chi connectivity index (χ0v) is 17.5. The maximum absolute atomic E-state index is 12.6. The fourth-order valence-electron chi connectivity index (χ4n) is 2.64. The lowest BCUT2D eigenvalue weighted by atomic mass is 10.0. The SMILES string of the molecule is CC(NC(=O)C(CCC(=O)O)NC(=O)C(N)Cc1ccccc1)C(=O)NC(CO)C(=O)O. The molecule has 0 saturated carbocycles. The largest absolute Gasteiger partial charge is 0.481 e. The Kier molecular flexibility index (Phi) is 10.8. The van der Waals surface area contributed by atoms with Crippen LogP contribution in [-0.4, -0.2) is 75.8 Å². The lowest BCUT2D eigenvalue weighted by Gasteiger charge is -2.23. The molecule has 0 fully saturated rings. The van der Waals surface area contributed by atoms with Crippen molar-refractivity contribution in [2.75, 3.05) is 6.61 Å². The zero-order valence-electron chi connectivity index (χ0n) is 17.5. The second-order valence-electron chi connectivity index (χ2n) is 7.10. The van der Waals surface area contributed by atoms with Crippen LogP contribution in [0.1, 0.15) is 25.3 Å². The van der Waals surface area contributed by atoms with E-state index in [0.29, 0.717) is 0 Å². The van der Waals surface area contributed by atoms with E-state index in [1.54, 1.807) is 30.3 Å². The average Bonchev–Trinajstić information content (AvgIpc) is 2.74. The second-order valence-corrected chi connectivity index (χ2v) is 7.10. The Morgan fingerprint density at radius 3 is 2.03 bits per heavy atom. The quantitative estimate of drug-likeness (QED) is 0.176. The molecular weight excluding hydrogens is 424 g/mol. The summed E-state index contributed by atoms with van der Waals surface area (Å²) < 4.78 is 0. The highest BCUT2D eigenvalue weighted by Crippen LogP contribution is 2.04. The van der Waals surface area contributed by atoms with Crippen LogP contribution in [-0.2, 0) is 30.4 Å². The maximum atomic E-state index is 12.6. The topological polar surface area (TPSA) is 208 Å². The molecule has 12 nitrogen and oxygen atoms in total. The Bertz CT molecular complexity index is 817. The number of carbonyl (C=O) groups is 5. The lowest BCUT2D eigenvalue weighted by Crippen LogP contribution is -2.56. The predicted octanol–water partition coefficient (Wildman–Crippen LogP) is -2.03. The van der Waals surface area contributed by atoms with E-state index in [1.165, 1.54) is 6.92 Å². The molecule has 0 aromatic heterocycles. The zero-order chi connectivity index (χ0) is 24.3. The molecule has 0 heterocycles. The number of nitrogens with one attached hydrogen (secondary N) is 3. The van der Waals surface area contributed by atoms with Crippen molar-refractivity contribution in [3.8, 4) is 0 Å². The summed E-state index contributed by atoms with van der Waals surface area (Å²) in [6, 6.07) is 3.85. The first-order valence-electron chi connectivity index (χ1n) is 9.81. The van der Waals surface area contributed by atoms with Crippen LogP contribution in [0.3, 0.4) is 0 Å². The van der Waals surface area contributed by atoms with Crippen LogP contribution in [0, 0.1) is 0 Å². The van der Waals surface area contributed by atoms with Gasteiger partial charge in [0, 0.05) is 6.42 Å². The van der Waals surface area contributed by atoms with E-state index in [1.807, 2.05) is 5.32 Å². The van der Waals surface area contributed by atoms with Crippen LogP contribution < -0.4 is 21.7 Å². The molecule has 0 radical (unpaired) electrons. The number of amides is 3. The van der Waals surface area contributed by atoms with Gasteiger partial charge in [0.2, 0.25) is 17.7 Å². The minimum Gasteiger partial charge on any atom is -0.481 e. The fourth-order valence-corrected chi connectivity index (χ4v) is 2.64. The maximum Gasteiger partial charge on any atom is 0.328 e. The highest BCUT2D eigenvalue weighted by atomic mass is 16.4. The first-order valence-corrected chi connectivity index (χ1v) is 9.81. The molecule has 0 spiro atoms. The van der Waals surface area contributed by atoms with E-state index in [-0.39, 0.29) is 12.8 Å². The van der Waals surface area contributed by atoms with Crippen LogP contribution in [0.25, 0.3) is 0 Å². The van der Waals surface area contributed by atoms with Gasteiger partial charge in [-0.05, 0) is 25.3 Å². The second kappa shape index (κ2) is 13.0.